The van der Waals surface area contributed by atoms with Crippen molar-refractivity contribution in [1.29, 1.82) is 5.26 Å². The molecule has 4 aromatic heterocycles. The number of aromatic nitrogens is 4. The Bertz CT molecular complexity index is 2870. The second kappa shape index (κ2) is 17.9. The van der Waals surface area contributed by atoms with Crippen LogP contribution in [-0.2, 0) is 30.8 Å². The Morgan fingerprint density at radius 2 is 1.70 bits per heavy atom. The van der Waals surface area contributed by atoms with Crippen LogP contribution in [0.5, 0.6) is 0 Å². The minimum Gasteiger partial charge on any atom is -0.461 e. The van der Waals surface area contributed by atoms with Crippen molar-refractivity contribution in [3.63, 3.8) is 0 Å². The largest absolute Gasteiger partial charge is 0.461 e. The topological polar surface area (TPSA) is 214 Å². The second-order valence-corrected chi connectivity index (χ2v) is 19.3. The SMILES string of the molecule is CC(C)[C@H](NC(=O)OC(C)(C)C)C(=O)OCCOC(=O)c1cn(C)c2ncc(-c3cnc4[nH]c5c(N(C)C(=O)OC(C)(C)C)cc(F)c(C#N)c5c4c3N3CC[C@H]4CN(C)C[C@H]43)cc2c1=O. The Morgan fingerprint density at radius 3 is 2.36 bits per heavy atom. The van der Waals surface area contributed by atoms with Crippen LogP contribution in [0.4, 0.5) is 25.4 Å². The van der Waals surface area contributed by atoms with E-state index in [0.717, 1.165) is 25.6 Å². The van der Waals surface area contributed by atoms with Gasteiger partial charge in [0.05, 0.1) is 33.2 Å². The molecule has 2 amide bonds. The number of H-pyrrole nitrogens is 1. The number of likely N-dealkylation sites (N-methyl/N-ethyl adjacent to an activating group) is 1. The summed E-state index contributed by atoms with van der Waals surface area (Å²) in [6.45, 7) is 15.2. The number of carbonyl (C=O) groups is 4. The van der Waals surface area contributed by atoms with Gasteiger partial charge in [-0.15, -0.1) is 0 Å². The fourth-order valence-corrected chi connectivity index (χ4v) is 8.76. The van der Waals surface area contributed by atoms with Crippen molar-refractivity contribution in [2.75, 3.05) is 56.7 Å². The summed E-state index contributed by atoms with van der Waals surface area (Å²) in [5, 5.41) is 13.8. The third kappa shape index (κ3) is 9.32. The number of carbonyl (C=O) groups excluding carboxylic acids is 4. The number of alkyl carbamates (subject to hydrolysis) is 1. The lowest BCUT2D eigenvalue weighted by Gasteiger charge is -2.29. The molecule has 5 aromatic rings. The average molecular weight is 910 g/mol. The normalized spacial score (nSPS) is 16.9. The van der Waals surface area contributed by atoms with Crippen molar-refractivity contribution in [3.05, 3.63) is 57.9 Å². The number of nitrogens with one attached hydrogen (secondary N) is 2. The van der Waals surface area contributed by atoms with Gasteiger partial charge in [0.25, 0.3) is 0 Å². The number of aromatic amines is 1. The highest BCUT2D eigenvalue weighted by Crippen LogP contribution is 2.47. The van der Waals surface area contributed by atoms with Crippen LogP contribution in [0.1, 0.15) is 77.7 Å². The second-order valence-electron chi connectivity index (χ2n) is 19.3. The first-order valence-electron chi connectivity index (χ1n) is 21.8. The predicted octanol–water partition coefficient (Wildman–Crippen LogP) is 6.40. The summed E-state index contributed by atoms with van der Waals surface area (Å²) in [6.07, 6.45) is 3.92. The highest BCUT2D eigenvalue weighted by molar-refractivity contribution is 6.21. The van der Waals surface area contributed by atoms with E-state index in [-0.39, 0.29) is 58.4 Å². The van der Waals surface area contributed by atoms with Crippen molar-refractivity contribution in [2.24, 2.45) is 18.9 Å². The number of pyridine rings is 3. The molecule has 19 heteroatoms. The standard InChI is InChI=1S/C47H56FN9O9/c1-24(2)36(53-44(61)65-46(3,4)5)43(60)64-15-14-63-42(59)30-22-55(10)41-27(39(30)58)16-26(19-51-41)29-20-50-40-35(38(29)57-13-12-25-21-54(9)23-33(25)57)34-28(18-49)31(48)17-32(37(34)52-40)56(11)45(62)66-47(6,7)8/h16-17,19-20,22,24-25,33,36H,12-15,21,23H2,1-11H3,(H,50,52)(H,53,61)/t25-,33+,36-/m0/s1. The molecule has 3 atom stereocenters. The van der Waals surface area contributed by atoms with Gasteiger partial charge in [-0.3, -0.25) is 9.69 Å². The lowest BCUT2D eigenvalue weighted by atomic mass is 9.98. The molecular weight excluding hydrogens is 854 g/mol. The number of amides is 2. The molecule has 2 fully saturated rings. The van der Waals surface area contributed by atoms with Gasteiger partial charge < -0.3 is 43.6 Å². The van der Waals surface area contributed by atoms with Crippen molar-refractivity contribution in [3.8, 4) is 17.2 Å². The number of hydrogen-bond donors (Lipinski definition) is 2. The minimum atomic E-state index is -1.03. The maximum Gasteiger partial charge on any atom is 0.414 e. The van der Waals surface area contributed by atoms with E-state index in [0.29, 0.717) is 45.8 Å². The molecule has 6 heterocycles. The fraction of sp³-hybridized carbons (Fsp3) is 0.489. The number of benzene rings is 1. The van der Waals surface area contributed by atoms with Gasteiger partial charge in [0.1, 0.15) is 59.2 Å². The van der Waals surface area contributed by atoms with E-state index in [1.165, 1.54) is 22.7 Å². The molecule has 18 nitrogen and oxygen atoms in total. The molecule has 0 unspecified atom stereocenters. The van der Waals surface area contributed by atoms with E-state index in [9.17, 15) is 29.2 Å². The maximum atomic E-state index is 16.2. The van der Waals surface area contributed by atoms with Crippen LogP contribution < -0.4 is 20.5 Å². The van der Waals surface area contributed by atoms with Crippen molar-refractivity contribution in [1.82, 2.24) is 29.7 Å². The molecule has 2 aliphatic heterocycles. The van der Waals surface area contributed by atoms with E-state index in [2.05, 4.69) is 38.2 Å². The molecule has 2 saturated heterocycles. The minimum absolute atomic E-state index is 0.0479. The number of esters is 2. The Morgan fingerprint density at radius 1 is 1.00 bits per heavy atom. The summed E-state index contributed by atoms with van der Waals surface area (Å²) in [4.78, 5) is 84.7. The zero-order chi connectivity index (χ0) is 48.2. The highest BCUT2D eigenvalue weighted by Gasteiger charge is 2.42. The van der Waals surface area contributed by atoms with Crippen LogP contribution in [0.15, 0.2) is 35.5 Å². The molecule has 66 heavy (non-hydrogen) atoms. The number of halogens is 1. The van der Waals surface area contributed by atoms with Gasteiger partial charge >= 0.3 is 24.1 Å². The van der Waals surface area contributed by atoms with Crippen LogP contribution >= 0.6 is 0 Å². The summed E-state index contributed by atoms with van der Waals surface area (Å²) in [7, 11) is 5.16. The lowest BCUT2D eigenvalue weighted by molar-refractivity contribution is -0.148. The van der Waals surface area contributed by atoms with Gasteiger partial charge in [-0.05, 0) is 72.9 Å². The maximum absolute atomic E-state index is 16.2. The van der Waals surface area contributed by atoms with Crippen molar-refractivity contribution >= 4 is 68.5 Å². The first-order chi connectivity index (χ1) is 31.0. The third-order valence-corrected chi connectivity index (χ3v) is 11.7. The number of anilines is 2. The number of ether oxygens (including phenoxy) is 4. The van der Waals surface area contributed by atoms with Gasteiger partial charge in [0.2, 0.25) is 5.43 Å². The van der Waals surface area contributed by atoms with Gasteiger partial charge in [-0.2, -0.15) is 5.26 Å². The summed E-state index contributed by atoms with van der Waals surface area (Å²) in [5.41, 5.74) is -0.0871. The zero-order valence-corrected chi connectivity index (χ0v) is 39.1. The van der Waals surface area contributed by atoms with E-state index in [4.69, 9.17) is 23.9 Å². The number of rotatable bonds is 10. The zero-order valence-electron chi connectivity index (χ0n) is 39.1. The smallest absolute Gasteiger partial charge is 0.414 e. The lowest BCUT2D eigenvalue weighted by Crippen LogP contribution is -2.47. The Hall–Kier alpha value is -6.81. The van der Waals surface area contributed by atoms with Crippen molar-refractivity contribution < 1.29 is 42.5 Å². The Labute approximate surface area is 380 Å². The monoisotopic (exact) mass is 909 g/mol. The van der Waals surface area contributed by atoms with E-state index < -0.39 is 52.6 Å². The van der Waals surface area contributed by atoms with Crippen molar-refractivity contribution in [2.45, 2.75) is 85.1 Å². The van der Waals surface area contributed by atoms with Gasteiger partial charge in [0, 0.05) is 80.9 Å². The van der Waals surface area contributed by atoms with E-state index >= 15 is 4.39 Å². The van der Waals surface area contributed by atoms with Crippen LogP contribution in [0, 0.1) is 29.0 Å². The predicted molar refractivity (Wildman–Crippen MR) is 245 cm³/mol. The quantitative estimate of drug-likeness (QED) is 0.0882. The number of hydrogen-bond acceptors (Lipinski definition) is 14. The molecule has 0 bridgehead atoms. The van der Waals surface area contributed by atoms with E-state index in [1.54, 1.807) is 80.9 Å². The molecule has 0 aliphatic carbocycles. The van der Waals surface area contributed by atoms with Gasteiger partial charge in [0.15, 0.2) is 0 Å². The molecule has 1 aromatic carbocycles. The summed E-state index contributed by atoms with van der Waals surface area (Å²) < 4.78 is 39.3. The molecule has 350 valence electrons. The first-order valence-corrected chi connectivity index (χ1v) is 21.8. The van der Waals surface area contributed by atoms with Crippen LogP contribution in [-0.4, -0.2) is 119 Å². The van der Waals surface area contributed by atoms with Crippen LogP contribution in [0.3, 0.4) is 0 Å². The third-order valence-electron chi connectivity index (χ3n) is 11.7. The molecule has 2 N–H and O–H groups in total. The number of nitriles is 1. The number of nitrogens with zero attached hydrogens (tertiary/aromatic N) is 7. The molecule has 0 saturated carbocycles. The Kier molecular flexibility index (Phi) is 12.8. The molecule has 0 radical (unpaired) electrons. The fourth-order valence-electron chi connectivity index (χ4n) is 8.76. The molecule has 7 rings (SSSR count). The summed E-state index contributed by atoms with van der Waals surface area (Å²) in [5.74, 6) is -2.57. The van der Waals surface area contributed by atoms with Gasteiger partial charge in [-0.25, -0.2) is 33.5 Å². The van der Waals surface area contributed by atoms with Crippen LogP contribution in [0.25, 0.3) is 44.1 Å². The Balaban J connectivity index is 1.27. The van der Waals surface area contributed by atoms with E-state index in [1.807, 2.05) is 0 Å². The number of fused-ring (bicyclic) bond motifs is 5. The van der Waals surface area contributed by atoms with Crippen LogP contribution in [0.2, 0.25) is 0 Å². The summed E-state index contributed by atoms with van der Waals surface area (Å²) >= 11 is 0. The molecule has 2 aliphatic rings. The first kappa shape index (κ1) is 47.2. The highest BCUT2D eigenvalue weighted by atomic mass is 19.1. The summed E-state index contributed by atoms with van der Waals surface area (Å²) in [6, 6.07) is 3.83. The molecular formula is C47H56FN9O9. The number of aryl methyl sites for hydroxylation is 1. The average Bonchev–Trinajstić information content (AvgIpc) is 3.92. The number of likely N-dealkylation sites (tertiary alicyclic amines) is 1. The molecule has 0 spiro atoms. The van der Waals surface area contributed by atoms with Gasteiger partial charge in [-0.1, -0.05) is 13.8 Å².